The molecule has 0 radical (unpaired) electrons. The van der Waals surface area contributed by atoms with Gasteiger partial charge in [-0.2, -0.15) is 5.10 Å². The van der Waals surface area contributed by atoms with Crippen molar-refractivity contribution in [3.8, 4) is 0 Å². The molecule has 0 aliphatic carbocycles. The molecule has 8 heteroatoms. The molecule has 1 aromatic carbocycles. The lowest BCUT2D eigenvalue weighted by Crippen LogP contribution is -2.33. The van der Waals surface area contributed by atoms with Crippen LogP contribution in [0.25, 0.3) is 10.9 Å². The maximum atomic E-state index is 4.82. The zero-order valence-electron chi connectivity index (χ0n) is 16.5. The SMILES string of the molecule is Cn1c(Cn2cncn2)nnc1C1CCN(Cc2ccc3ccccc3n2)CC1. The monoisotopic (exact) mass is 388 g/mol. The van der Waals surface area contributed by atoms with Gasteiger partial charge in [0.1, 0.15) is 25.0 Å². The van der Waals surface area contributed by atoms with Crippen molar-refractivity contribution >= 4 is 10.9 Å². The predicted molar refractivity (Wildman–Crippen MR) is 109 cm³/mol. The molecule has 0 amide bonds. The summed E-state index contributed by atoms with van der Waals surface area (Å²) in [5.74, 6) is 2.43. The number of nitrogens with zero attached hydrogens (tertiary/aromatic N) is 8. The zero-order valence-corrected chi connectivity index (χ0v) is 16.5. The average Bonchev–Trinajstić information content (AvgIpc) is 3.39. The van der Waals surface area contributed by atoms with Crippen LogP contribution in [0, 0.1) is 0 Å². The van der Waals surface area contributed by atoms with Crippen molar-refractivity contribution in [3.05, 3.63) is 66.4 Å². The maximum Gasteiger partial charge on any atom is 0.154 e. The Balaban J connectivity index is 1.21. The first-order chi connectivity index (χ1) is 14.3. The summed E-state index contributed by atoms with van der Waals surface area (Å²) >= 11 is 0. The number of piperidine rings is 1. The summed E-state index contributed by atoms with van der Waals surface area (Å²) in [5.41, 5.74) is 2.20. The van der Waals surface area contributed by atoms with E-state index in [2.05, 4.69) is 60.1 Å². The number of hydrogen-bond donors (Lipinski definition) is 0. The third-order valence-electron chi connectivity index (χ3n) is 5.76. The molecular weight excluding hydrogens is 364 g/mol. The molecular formula is C21H24N8. The standard InChI is InChI=1S/C21H24N8/c1-27-20(13-29-15-22-14-23-29)25-26-21(27)17-8-10-28(11-9-17)12-18-7-6-16-4-2-3-5-19(16)24-18/h2-7,14-15,17H,8-13H2,1H3. The molecule has 1 saturated heterocycles. The molecule has 1 fully saturated rings. The number of benzene rings is 1. The lowest BCUT2D eigenvalue weighted by molar-refractivity contribution is 0.198. The number of rotatable bonds is 5. The first-order valence-corrected chi connectivity index (χ1v) is 10.0. The van der Waals surface area contributed by atoms with Crippen LogP contribution in [0.5, 0.6) is 0 Å². The molecule has 0 bridgehead atoms. The van der Waals surface area contributed by atoms with Crippen LogP contribution in [-0.4, -0.2) is 52.5 Å². The van der Waals surface area contributed by atoms with Crippen LogP contribution in [-0.2, 0) is 20.1 Å². The summed E-state index contributed by atoms with van der Waals surface area (Å²) in [6.07, 6.45) is 5.41. The number of fused-ring (bicyclic) bond motifs is 1. The molecule has 8 nitrogen and oxygen atoms in total. The van der Waals surface area contributed by atoms with E-state index in [1.54, 1.807) is 11.0 Å². The van der Waals surface area contributed by atoms with Crippen LogP contribution < -0.4 is 0 Å². The van der Waals surface area contributed by atoms with E-state index in [-0.39, 0.29) is 0 Å². The third kappa shape index (κ3) is 3.75. The smallest absolute Gasteiger partial charge is 0.154 e. The number of likely N-dealkylation sites (tertiary alicyclic amines) is 1. The van der Waals surface area contributed by atoms with Gasteiger partial charge in [-0.3, -0.25) is 9.88 Å². The summed E-state index contributed by atoms with van der Waals surface area (Å²) in [6.45, 7) is 3.58. The highest BCUT2D eigenvalue weighted by molar-refractivity contribution is 5.78. The fourth-order valence-corrected chi connectivity index (χ4v) is 4.10. The maximum absolute atomic E-state index is 4.82. The molecule has 0 saturated carbocycles. The average molecular weight is 388 g/mol. The molecule has 148 valence electrons. The Labute approximate surface area is 169 Å². The van der Waals surface area contributed by atoms with Gasteiger partial charge in [0.25, 0.3) is 0 Å². The Hall–Kier alpha value is -3.13. The highest BCUT2D eigenvalue weighted by Crippen LogP contribution is 2.27. The normalized spacial score (nSPS) is 15.9. The van der Waals surface area contributed by atoms with Gasteiger partial charge in [-0.15, -0.1) is 10.2 Å². The summed E-state index contributed by atoms with van der Waals surface area (Å²) in [4.78, 5) is 11.3. The van der Waals surface area contributed by atoms with Crippen molar-refractivity contribution < 1.29 is 0 Å². The first-order valence-electron chi connectivity index (χ1n) is 10.0. The van der Waals surface area contributed by atoms with Crippen LogP contribution in [0.15, 0.2) is 49.1 Å². The largest absolute Gasteiger partial charge is 0.316 e. The molecule has 0 atom stereocenters. The molecule has 0 spiro atoms. The van der Waals surface area contributed by atoms with Crippen LogP contribution in [0.4, 0.5) is 0 Å². The first kappa shape index (κ1) is 17.9. The van der Waals surface area contributed by atoms with Crippen LogP contribution in [0.3, 0.4) is 0 Å². The van der Waals surface area contributed by atoms with Crippen molar-refractivity contribution in [1.82, 2.24) is 39.4 Å². The van der Waals surface area contributed by atoms with E-state index in [0.717, 1.165) is 55.3 Å². The van der Waals surface area contributed by atoms with Crippen LogP contribution in [0.1, 0.15) is 36.1 Å². The van der Waals surface area contributed by atoms with E-state index in [9.17, 15) is 0 Å². The Kier molecular flexibility index (Phi) is 4.77. The van der Waals surface area contributed by atoms with E-state index < -0.39 is 0 Å². The molecule has 0 unspecified atom stereocenters. The topological polar surface area (TPSA) is 77.5 Å². The molecule has 5 rings (SSSR count). The van der Waals surface area contributed by atoms with Crippen LogP contribution >= 0.6 is 0 Å². The zero-order chi connectivity index (χ0) is 19.6. The van der Waals surface area contributed by atoms with Gasteiger partial charge in [0.05, 0.1) is 11.2 Å². The van der Waals surface area contributed by atoms with Gasteiger partial charge in [-0.05, 0) is 38.1 Å². The fraction of sp³-hybridized carbons (Fsp3) is 0.381. The number of aromatic nitrogens is 7. The Bertz CT molecular complexity index is 1090. The minimum absolute atomic E-state index is 0.442. The third-order valence-corrected chi connectivity index (χ3v) is 5.76. The van der Waals surface area contributed by atoms with Crippen molar-refractivity contribution in [2.45, 2.75) is 31.8 Å². The minimum atomic E-state index is 0.442. The predicted octanol–water partition coefficient (Wildman–Crippen LogP) is 2.38. The molecule has 3 aromatic heterocycles. The summed E-state index contributed by atoms with van der Waals surface area (Å²) < 4.78 is 3.89. The Morgan fingerprint density at radius 3 is 2.69 bits per heavy atom. The van der Waals surface area contributed by atoms with Gasteiger partial charge < -0.3 is 4.57 Å². The highest BCUT2D eigenvalue weighted by atomic mass is 15.4. The van der Waals surface area contributed by atoms with Crippen molar-refractivity contribution in [2.24, 2.45) is 7.05 Å². The van der Waals surface area contributed by atoms with E-state index in [4.69, 9.17) is 4.98 Å². The molecule has 4 aromatic rings. The van der Waals surface area contributed by atoms with Crippen molar-refractivity contribution in [2.75, 3.05) is 13.1 Å². The van der Waals surface area contributed by atoms with Crippen molar-refractivity contribution in [1.29, 1.82) is 0 Å². The van der Waals surface area contributed by atoms with Crippen LogP contribution in [0.2, 0.25) is 0 Å². The second-order valence-corrected chi connectivity index (χ2v) is 7.67. The number of pyridine rings is 1. The lowest BCUT2D eigenvalue weighted by Gasteiger charge is -2.31. The van der Waals surface area contributed by atoms with Gasteiger partial charge in [0.15, 0.2) is 5.82 Å². The van der Waals surface area contributed by atoms with Gasteiger partial charge in [-0.1, -0.05) is 24.3 Å². The number of para-hydroxylation sites is 1. The Morgan fingerprint density at radius 2 is 1.86 bits per heavy atom. The van der Waals surface area contributed by atoms with Gasteiger partial charge in [0.2, 0.25) is 0 Å². The summed E-state index contributed by atoms with van der Waals surface area (Å²) in [7, 11) is 2.05. The van der Waals surface area contributed by atoms with Gasteiger partial charge >= 0.3 is 0 Å². The van der Waals surface area contributed by atoms with E-state index in [1.165, 1.54) is 11.7 Å². The molecule has 29 heavy (non-hydrogen) atoms. The molecule has 1 aliphatic rings. The quantitative estimate of drug-likeness (QED) is 0.522. The van der Waals surface area contributed by atoms with Crippen molar-refractivity contribution in [3.63, 3.8) is 0 Å². The van der Waals surface area contributed by atoms with E-state index in [1.807, 2.05) is 13.1 Å². The number of hydrogen-bond acceptors (Lipinski definition) is 6. The second-order valence-electron chi connectivity index (χ2n) is 7.67. The Morgan fingerprint density at radius 1 is 1.00 bits per heavy atom. The van der Waals surface area contributed by atoms with Gasteiger partial charge in [-0.25, -0.2) is 9.67 Å². The second kappa shape index (κ2) is 7.71. The summed E-state index contributed by atoms with van der Waals surface area (Å²) in [6, 6.07) is 12.6. The fourth-order valence-electron chi connectivity index (χ4n) is 4.10. The van der Waals surface area contributed by atoms with Gasteiger partial charge in [0, 0.05) is 24.9 Å². The van der Waals surface area contributed by atoms with E-state index >= 15 is 0 Å². The minimum Gasteiger partial charge on any atom is -0.316 e. The summed E-state index contributed by atoms with van der Waals surface area (Å²) in [5, 5.41) is 14.2. The molecule has 0 N–H and O–H groups in total. The molecule has 4 heterocycles. The van der Waals surface area contributed by atoms with E-state index in [0.29, 0.717) is 12.5 Å². The highest BCUT2D eigenvalue weighted by Gasteiger charge is 2.25. The molecule has 1 aliphatic heterocycles. The lowest BCUT2D eigenvalue weighted by atomic mass is 9.96.